The molecule has 2 N–H and O–H groups in total. The molecule has 0 spiro atoms. The Kier molecular flexibility index (Phi) is 5.08. The SMILES string of the molecule is O=C(Nc1ccc([N+](=O)[O-])c(Br)c1)C1CCCCCN1. The summed E-state index contributed by atoms with van der Waals surface area (Å²) in [6.07, 6.45) is 4.09. The fourth-order valence-electron chi connectivity index (χ4n) is 2.21. The lowest BCUT2D eigenvalue weighted by Crippen LogP contribution is -2.39. The number of nitro benzene ring substituents is 1. The first-order chi connectivity index (χ1) is 9.58. The highest BCUT2D eigenvalue weighted by atomic mass is 79.9. The van der Waals surface area contributed by atoms with Gasteiger partial charge in [-0.1, -0.05) is 12.8 Å². The molecule has 1 heterocycles. The fraction of sp³-hybridized carbons (Fsp3) is 0.462. The molecule has 0 aromatic heterocycles. The van der Waals surface area contributed by atoms with E-state index < -0.39 is 4.92 Å². The van der Waals surface area contributed by atoms with Crippen LogP contribution in [0.3, 0.4) is 0 Å². The first kappa shape index (κ1) is 14.9. The first-order valence-electron chi connectivity index (χ1n) is 6.56. The van der Waals surface area contributed by atoms with Crippen molar-refractivity contribution in [2.24, 2.45) is 0 Å². The minimum atomic E-state index is -0.470. The van der Waals surface area contributed by atoms with Crippen molar-refractivity contribution in [3.8, 4) is 0 Å². The second kappa shape index (κ2) is 6.81. The van der Waals surface area contributed by atoms with Gasteiger partial charge in [-0.2, -0.15) is 0 Å². The minimum Gasteiger partial charge on any atom is -0.325 e. The van der Waals surface area contributed by atoms with Gasteiger partial charge < -0.3 is 10.6 Å². The Bertz CT molecular complexity index is 514. The predicted molar refractivity (Wildman–Crippen MR) is 79.7 cm³/mol. The largest absolute Gasteiger partial charge is 0.325 e. The number of nitrogens with one attached hydrogen (secondary N) is 2. The van der Waals surface area contributed by atoms with Crippen LogP contribution in [0.15, 0.2) is 22.7 Å². The number of carbonyl (C=O) groups is 1. The number of nitro groups is 1. The monoisotopic (exact) mass is 341 g/mol. The molecular formula is C13H16BrN3O3. The number of rotatable bonds is 3. The molecule has 1 aromatic rings. The van der Waals surface area contributed by atoms with Gasteiger partial charge in [0.15, 0.2) is 0 Å². The number of amides is 1. The van der Waals surface area contributed by atoms with Gasteiger partial charge in [-0.3, -0.25) is 14.9 Å². The molecule has 0 saturated carbocycles. The molecule has 0 aliphatic carbocycles. The third-order valence-electron chi connectivity index (χ3n) is 3.29. The van der Waals surface area contributed by atoms with Crippen LogP contribution in [0.1, 0.15) is 25.7 Å². The zero-order valence-electron chi connectivity index (χ0n) is 10.9. The van der Waals surface area contributed by atoms with Gasteiger partial charge in [0.1, 0.15) is 0 Å². The van der Waals surface area contributed by atoms with Crippen LogP contribution in [-0.2, 0) is 4.79 Å². The van der Waals surface area contributed by atoms with Gasteiger partial charge >= 0.3 is 0 Å². The molecule has 6 nitrogen and oxygen atoms in total. The maximum absolute atomic E-state index is 12.1. The number of hydrogen-bond donors (Lipinski definition) is 2. The van der Waals surface area contributed by atoms with Crippen molar-refractivity contribution < 1.29 is 9.72 Å². The summed E-state index contributed by atoms with van der Waals surface area (Å²) in [5.74, 6) is -0.0901. The van der Waals surface area contributed by atoms with Gasteiger partial charge in [-0.05, 0) is 47.4 Å². The number of hydrogen-bond acceptors (Lipinski definition) is 4. The zero-order valence-corrected chi connectivity index (χ0v) is 12.5. The Balaban J connectivity index is 2.03. The summed E-state index contributed by atoms with van der Waals surface area (Å²) in [4.78, 5) is 22.4. The lowest BCUT2D eigenvalue weighted by molar-refractivity contribution is -0.385. The summed E-state index contributed by atoms with van der Waals surface area (Å²) >= 11 is 3.14. The van der Waals surface area contributed by atoms with Crippen molar-refractivity contribution in [2.45, 2.75) is 31.7 Å². The molecule has 1 saturated heterocycles. The number of nitrogens with zero attached hydrogens (tertiary/aromatic N) is 1. The molecule has 7 heteroatoms. The Morgan fingerprint density at radius 3 is 2.90 bits per heavy atom. The summed E-state index contributed by atoms with van der Waals surface area (Å²) in [5, 5.41) is 16.7. The average Bonchev–Trinajstić information content (AvgIpc) is 2.67. The van der Waals surface area contributed by atoms with Gasteiger partial charge in [-0.25, -0.2) is 0 Å². The third kappa shape index (κ3) is 3.77. The Morgan fingerprint density at radius 1 is 1.40 bits per heavy atom. The predicted octanol–water partition coefficient (Wildman–Crippen LogP) is 2.83. The van der Waals surface area contributed by atoms with E-state index in [-0.39, 0.29) is 17.6 Å². The van der Waals surface area contributed by atoms with Gasteiger partial charge in [-0.15, -0.1) is 0 Å². The average molecular weight is 342 g/mol. The van der Waals surface area contributed by atoms with E-state index in [2.05, 4.69) is 26.6 Å². The maximum atomic E-state index is 12.1. The van der Waals surface area contributed by atoms with Crippen molar-refractivity contribution in [1.29, 1.82) is 0 Å². The molecule has 108 valence electrons. The standard InChI is InChI=1S/C13H16BrN3O3/c14-10-8-9(5-6-12(10)17(19)20)16-13(18)11-4-2-1-3-7-15-11/h5-6,8,11,15H,1-4,7H2,(H,16,18). The van der Waals surface area contributed by atoms with Crippen LogP contribution in [0.4, 0.5) is 11.4 Å². The highest BCUT2D eigenvalue weighted by molar-refractivity contribution is 9.10. The first-order valence-corrected chi connectivity index (χ1v) is 7.35. The van der Waals surface area contributed by atoms with Crippen LogP contribution in [0.5, 0.6) is 0 Å². The minimum absolute atomic E-state index is 0.0180. The van der Waals surface area contributed by atoms with Gasteiger partial charge in [0.2, 0.25) is 5.91 Å². The quantitative estimate of drug-likeness (QED) is 0.653. The molecule has 1 amide bonds. The van der Waals surface area contributed by atoms with Crippen molar-refractivity contribution in [3.05, 3.63) is 32.8 Å². The Morgan fingerprint density at radius 2 is 2.20 bits per heavy atom. The van der Waals surface area contributed by atoms with Crippen molar-refractivity contribution in [1.82, 2.24) is 5.32 Å². The van der Waals surface area contributed by atoms with E-state index in [4.69, 9.17) is 0 Å². The van der Waals surface area contributed by atoms with E-state index in [0.717, 1.165) is 32.2 Å². The molecule has 1 aromatic carbocycles. The summed E-state index contributed by atoms with van der Waals surface area (Å²) in [6, 6.07) is 4.27. The van der Waals surface area contributed by atoms with Crippen molar-refractivity contribution >= 4 is 33.2 Å². The summed E-state index contributed by atoms with van der Waals surface area (Å²) in [5.41, 5.74) is 0.536. The topological polar surface area (TPSA) is 84.3 Å². The lowest BCUT2D eigenvalue weighted by atomic mass is 10.1. The zero-order chi connectivity index (χ0) is 14.5. The van der Waals surface area contributed by atoms with Crippen LogP contribution < -0.4 is 10.6 Å². The normalized spacial score (nSPS) is 19.1. The molecule has 1 unspecified atom stereocenters. The summed E-state index contributed by atoms with van der Waals surface area (Å²) in [7, 11) is 0. The smallest absolute Gasteiger partial charge is 0.283 e. The van der Waals surface area contributed by atoms with Crippen LogP contribution in [0.25, 0.3) is 0 Å². The maximum Gasteiger partial charge on any atom is 0.283 e. The second-order valence-electron chi connectivity index (χ2n) is 4.77. The van der Waals surface area contributed by atoms with E-state index in [0.29, 0.717) is 10.2 Å². The lowest BCUT2D eigenvalue weighted by Gasteiger charge is -2.15. The number of anilines is 1. The molecule has 1 aliphatic rings. The molecule has 20 heavy (non-hydrogen) atoms. The molecule has 2 rings (SSSR count). The van der Waals surface area contributed by atoms with Crippen molar-refractivity contribution in [2.75, 3.05) is 11.9 Å². The van der Waals surface area contributed by atoms with Crippen LogP contribution in [0, 0.1) is 10.1 Å². The van der Waals surface area contributed by atoms with Gasteiger partial charge in [0, 0.05) is 11.8 Å². The number of halogens is 1. The molecular weight excluding hydrogens is 326 g/mol. The van der Waals surface area contributed by atoms with Crippen molar-refractivity contribution in [3.63, 3.8) is 0 Å². The van der Waals surface area contributed by atoms with Gasteiger partial charge in [0.05, 0.1) is 15.4 Å². The Labute approximate surface area is 125 Å². The van der Waals surface area contributed by atoms with E-state index in [1.807, 2.05) is 0 Å². The fourth-order valence-corrected chi connectivity index (χ4v) is 2.74. The third-order valence-corrected chi connectivity index (χ3v) is 3.92. The molecule has 1 fully saturated rings. The molecule has 0 bridgehead atoms. The second-order valence-corrected chi connectivity index (χ2v) is 5.62. The van der Waals surface area contributed by atoms with Crippen LogP contribution in [-0.4, -0.2) is 23.4 Å². The van der Waals surface area contributed by atoms with Gasteiger partial charge in [0.25, 0.3) is 5.69 Å². The highest BCUT2D eigenvalue weighted by Gasteiger charge is 2.20. The molecule has 0 radical (unpaired) electrons. The number of carbonyl (C=O) groups excluding carboxylic acids is 1. The molecule has 1 atom stereocenters. The molecule has 1 aliphatic heterocycles. The highest BCUT2D eigenvalue weighted by Crippen LogP contribution is 2.27. The summed E-state index contributed by atoms with van der Waals surface area (Å²) in [6.45, 7) is 0.849. The van der Waals surface area contributed by atoms with Crippen LogP contribution in [0.2, 0.25) is 0 Å². The van der Waals surface area contributed by atoms with E-state index in [1.165, 1.54) is 12.1 Å². The number of benzene rings is 1. The summed E-state index contributed by atoms with van der Waals surface area (Å²) < 4.78 is 0.356. The van der Waals surface area contributed by atoms with E-state index in [9.17, 15) is 14.9 Å². The van der Waals surface area contributed by atoms with E-state index >= 15 is 0 Å². The van der Waals surface area contributed by atoms with E-state index in [1.54, 1.807) is 6.07 Å². The Hall–Kier alpha value is -1.47. The van der Waals surface area contributed by atoms with Crippen LogP contribution >= 0.6 is 15.9 Å².